The van der Waals surface area contributed by atoms with Gasteiger partial charge in [-0.3, -0.25) is 10.6 Å². The van der Waals surface area contributed by atoms with Gasteiger partial charge in [-0.25, -0.2) is 4.39 Å². The molecule has 0 heterocycles. The van der Waals surface area contributed by atoms with Gasteiger partial charge >= 0.3 is 5.97 Å². The fourth-order valence-electron chi connectivity index (χ4n) is 1.35. The topological polar surface area (TPSA) is 116 Å². The van der Waals surface area contributed by atoms with E-state index < -0.39 is 30.4 Å². The predicted molar refractivity (Wildman–Crippen MR) is 57.4 cm³/mol. The van der Waals surface area contributed by atoms with E-state index in [-0.39, 0.29) is 11.3 Å². The maximum atomic E-state index is 13.3. The normalized spacial score (nSPS) is 14.1. The largest absolute Gasteiger partial charge is 0.481 e. The Bertz CT molecular complexity index is 413. The lowest BCUT2D eigenvalue weighted by Crippen LogP contribution is -2.22. The van der Waals surface area contributed by atoms with Crippen LogP contribution in [0.25, 0.3) is 0 Å². The molecule has 2 atom stereocenters. The van der Waals surface area contributed by atoms with Crippen LogP contribution in [0.5, 0.6) is 0 Å². The molecule has 0 aliphatic heterocycles. The Labute approximate surface area is 96.5 Å². The van der Waals surface area contributed by atoms with Crippen molar-refractivity contribution in [3.63, 3.8) is 0 Å². The lowest BCUT2D eigenvalue weighted by molar-refractivity contribution is -0.141. The van der Waals surface area contributed by atoms with Crippen LogP contribution in [-0.4, -0.2) is 27.4 Å². The van der Waals surface area contributed by atoms with Gasteiger partial charge in [0.2, 0.25) is 0 Å². The molecule has 0 spiro atoms. The quantitative estimate of drug-likeness (QED) is 0.367. The van der Waals surface area contributed by atoms with Gasteiger partial charge in [0.05, 0.1) is 18.2 Å². The monoisotopic (exact) mass is 244 g/mol. The number of carboxylic acid groups (broad SMARTS) is 1. The Morgan fingerprint density at radius 2 is 2.12 bits per heavy atom. The van der Waals surface area contributed by atoms with Crippen LogP contribution in [0.1, 0.15) is 18.1 Å². The lowest BCUT2D eigenvalue weighted by atomic mass is 10.0. The number of carbonyl (C=O) groups is 1. The second-order valence-corrected chi connectivity index (χ2v) is 3.49. The fraction of sp³-hybridized carbons (Fsp3) is 0.300. The third-order valence-corrected chi connectivity index (χ3v) is 2.24. The third-order valence-electron chi connectivity index (χ3n) is 2.24. The highest BCUT2D eigenvalue weighted by Crippen LogP contribution is 2.23. The molecule has 1 rings (SSSR count). The van der Waals surface area contributed by atoms with Crippen molar-refractivity contribution in [1.82, 2.24) is 0 Å². The van der Waals surface area contributed by atoms with Crippen molar-refractivity contribution < 1.29 is 24.5 Å². The summed E-state index contributed by atoms with van der Waals surface area (Å²) in [7, 11) is 0. The Balaban J connectivity index is 2.85. The van der Waals surface area contributed by atoms with Crippen molar-refractivity contribution in [2.24, 2.45) is 5.84 Å². The molecule has 7 heteroatoms. The second-order valence-electron chi connectivity index (χ2n) is 3.49. The van der Waals surface area contributed by atoms with E-state index in [9.17, 15) is 19.4 Å². The lowest BCUT2D eigenvalue weighted by Gasteiger charge is -2.17. The van der Waals surface area contributed by atoms with Crippen molar-refractivity contribution in [3.05, 3.63) is 29.6 Å². The summed E-state index contributed by atoms with van der Waals surface area (Å²) >= 11 is 0. The van der Waals surface area contributed by atoms with Crippen LogP contribution in [0.15, 0.2) is 18.2 Å². The molecule has 0 aromatic heterocycles. The van der Waals surface area contributed by atoms with Crippen molar-refractivity contribution in [2.45, 2.75) is 18.6 Å². The molecule has 0 saturated carbocycles. The molecule has 0 amide bonds. The van der Waals surface area contributed by atoms with E-state index in [1.54, 1.807) is 0 Å². The average molecular weight is 244 g/mol. The van der Waals surface area contributed by atoms with E-state index >= 15 is 0 Å². The first-order chi connectivity index (χ1) is 7.95. The zero-order valence-corrected chi connectivity index (χ0v) is 8.80. The number of nitrogen functional groups attached to an aromatic ring is 1. The molecular weight excluding hydrogens is 231 g/mol. The highest BCUT2D eigenvalue weighted by Gasteiger charge is 2.21. The summed E-state index contributed by atoms with van der Waals surface area (Å²) in [4.78, 5) is 10.3. The minimum Gasteiger partial charge on any atom is -0.481 e. The van der Waals surface area contributed by atoms with Crippen molar-refractivity contribution in [1.29, 1.82) is 0 Å². The van der Waals surface area contributed by atoms with Gasteiger partial charge in [-0.15, -0.1) is 0 Å². The minimum absolute atomic E-state index is 0.0358. The molecule has 0 bridgehead atoms. The molecule has 6 nitrogen and oxygen atoms in total. The van der Waals surface area contributed by atoms with Gasteiger partial charge in [0.1, 0.15) is 11.9 Å². The second kappa shape index (κ2) is 5.58. The summed E-state index contributed by atoms with van der Waals surface area (Å²) in [6.45, 7) is 0. The van der Waals surface area contributed by atoms with Crippen LogP contribution < -0.4 is 11.3 Å². The molecule has 94 valence electrons. The van der Waals surface area contributed by atoms with Crippen molar-refractivity contribution in [3.8, 4) is 0 Å². The first kappa shape index (κ1) is 13.4. The number of hydrogen-bond donors (Lipinski definition) is 5. The number of aliphatic hydroxyl groups is 2. The summed E-state index contributed by atoms with van der Waals surface area (Å²) in [5.41, 5.74) is 2.22. The van der Waals surface area contributed by atoms with Gasteiger partial charge in [-0.05, 0) is 17.7 Å². The Morgan fingerprint density at radius 3 is 2.59 bits per heavy atom. The number of carboxylic acids is 1. The van der Waals surface area contributed by atoms with Crippen LogP contribution >= 0.6 is 0 Å². The zero-order valence-electron chi connectivity index (χ0n) is 8.80. The number of hydrogen-bond acceptors (Lipinski definition) is 5. The highest BCUT2D eigenvalue weighted by atomic mass is 19.1. The van der Waals surface area contributed by atoms with Crippen LogP contribution in [-0.2, 0) is 4.79 Å². The fourth-order valence-corrected chi connectivity index (χ4v) is 1.35. The van der Waals surface area contributed by atoms with Gasteiger partial charge in [-0.1, -0.05) is 6.07 Å². The first-order valence-corrected chi connectivity index (χ1v) is 4.79. The smallest absolute Gasteiger partial charge is 0.306 e. The van der Waals surface area contributed by atoms with Crippen LogP contribution in [0.3, 0.4) is 0 Å². The van der Waals surface area contributed by atoms with Crippen LogP contribution in [0.4, 0.5) is 10.1 Å². The van der Waals surface area contributed by atoms with E-state index in [0.29, 0.717) is 0 Å². The maximum Gasteiger partial charge on any atom is 0.306 e. The van der Waals surface area contributed by atoms with E-state index in [2.05, 4.69) is 5.43 Å². The minimum atomic E-state index is -1.50. The molecule has 0 saturated heterocycles. The summed E-state index contributed by atoms with van der Waals surface area (Å²) < 4.78 is 13.3. The van der Waals surface area contributed by atoms with Gasteiger partial charge in [0, 0.05) is 0 Å². The zero-order chi connectivity index (χ0) is 13.0. The number of nitrogens with two attached hydrogens (primary N) is 1. The SMILES string of the molecule is NNc1ccc(C(O)C(O)CC(=O)O)cc1F. The number of nitrogens with one attached hydrogen (secondary N) is 1. The summed E-state index contributed by atoms with van der Waals surface area (Å²) in [6, 6.07) is 3.60. The predicted octanol–water partition coefficient (Wildman–Crippen LogP) is -0.0197. The number of anilines is 1. The van der Waals surface area contributed by atoms with E-state index in [1.807, 2.05) is 0 Å². The van der Waals surface area contributed by atoms with E-state index in [1.165, 1.54) is 12.1 Å². The van der Waals surface area contributed by atoms with Gasteiger partial charge in [0.15, 0.2) is 0 Å². The first-order valence-electron chi connectivity index (χ1n) is 4.79. The third kappa shape index (κ3) is 3.38. The number of hydrazine groups is 1. The van der Waals surface area contributed by atoms with Crippen molar-refractivity contribution in [2.75, 3.05) is 5.43 Å². The Morgan fingerprint density at radius 1 is 1.47 bits per heavy atom. The standard InChI is InChI=1S/C10H13FN2O4/c11-6-3-5(1-2-7(6)13-12)10(17)8(14)4-9(15)16/h1-3,8,10,13-14,17H,4,12H2,(H,15,16). The van der Waals surface area contributed by atoms with E-state index in [0.717, 1.165) is 6.07 Å². The molecule has 0 fully saturated rings. The van der Waals surface area contributed by atoms with E-state index in [4.69, 9.17) is 10.9 Å². The summed E-state index contributed by atoms with van der Waals surface area (Å²) in [6.07, 6.45) is -3.59. The molecule has 0 aliphatic rings. The molecule has 17 heavy (non-hydrogen) atoms. The molecule has 2 unspecified atom stereocenters. The number of aliphatic hydroxyl groups excluding tert-OH is 2. The Hall–Kier alpha value is -1.70. The molecule has 1 aromatic carbocycles. The van der Waals surface area contributed by atoms with Gasteiger partial charge < -0.3 is 20.7 Å². The average Bonchev–Trinajstić information content (AvgIpc) is 2.27. The highest BCUT2D eigenvalue weighted by molar-refractivity contribution is 5.67. The van der Waals surface area contributed by atoms with Crippen LogP contribution in [0, 0.1) is 5.82 Å². The van der Waals surface area contributed by atoms with Crippen LogP contribution in [0.2, 0.25) is 0 Å². The molecular formula is C10H13FN2O4. The maximum absolute atomic E-state index is 13.3. The van der Waals surface area contributed by atoms with Gasteiger partial charge in [0.25, 0.3) is 0 Å². The van der Waals surface area contributed by atoms with Gasteiger partial charge in [-0.2, -0.15) is 0 Å². The number of rotatable bonds is 5. The molecule has 0 radical (unpaired) electrons. The summed E-state index contributed by atoms with van der Waals surface area (Å²) in [5.74, 6) is 3.07. The Kier molecular flexibility index (Phi) is 4.38. The molecule has 6 N–H and O–H groups in total. The number of aliphatic carboxylic acids is 1. The summed E-state index contributed by atoms with van der Waals surface area (Å²) in [5, 5.41) is 27.4. The number of benzene rings is 1. The van der Waals surface area contributed by atoms with Crippen molar-refractivity contribution >= 4 is 11.7 Å². The number of halogens is 1. The molecule has 1 aromatic rings. The molecule has 0 aliphatic carbocycles.